The molecule has 0 aliphatic carbocycles. The van der Waals surface area contributed by atoms with E-state index in [1.165, 1.54) is 0 Å². The van der Waals surface area contributed by atoms with E-state index in [1.54, 1.807) is 14.2 Å². The van der Waals surface area contributed by atoms with Crippen molar-refractivity contribution in [3.63, 3.8) is 0 Å². The molecule has 4 heteroatoms. The van der Waals surface area contributed by atoms with Crippen LogP contribution in [0.1, 0.15) is 0 Å². The van der Waals surface area contributed by atoms with Crippen LogP contribution in [-0.2, 0) is 0 Å². The van der Waals surface area contributed by atoms with Crippen molar-refractivity contribution in [1.82, 2.24) is 9.97 Å². The van der Waals surface area contributed by atoms with E-state index in [1.807, 2.05) is 24.5 Å². The minimum absolute atomic E-state index is 0.797. The first-order chi connectivity index (χ1) is 6.86. The van der Waals surface area contributed by atoms with Gasteiger partial charge in [-0.1, -0.05) is 0 Å². The van der Waals surface area contributed by atoms with Crippen molar-refractivity contribution < 1.29 is 9.47 Å². The van der Waals surface area contributed by atoms with E-state index in [0.717, 1.165) is 22.9 Å². The van der Waals surface area contributed by atoms with Crippen molar-refractivity contribution in [2.75, 3.05) is 14.2 Å². The van der Waals surface area contributed by atoms with Gasteiger partial charge in [-0.3, -0.25) is 0 Å². The third-order valence-electron chi connectivity index (χ3n) is 2.11. The normalized spacial score (nSPS) is 10.1. The zero-order chi connectivity index (χ0) is 9.97. The molecule has 0 saturated carbocycles. The lowest BCUT2D eigenvalue weighted by Gasteiger charge is -2.03. The Morgan fingerprint density at radius 3 is 1.64 bits per heavy atom. The van der Waals surface area contributed by atoms with Crippen molar-refractivity contribution >= 4 is 0 Å². The van der Waals surface area contributed by atoms with Gasteiger partial charge in [-0.2, -0.15) is 0 Å². The van der Waals surface area contributed by atoms with Crippen LogP contribution in [0, 0.1) is 0 Å². The van der Waals surface area contributed by atoms with Crippen molar-refractivity contribution in [2.24, 2.45) is 0 Å². The first kappa shape index (κ1) is 8.74. The summed E-state index contributed by atoms with van der Waals surface area (Å²) in [5.74, 6) is 1.59. The summed E-state index contributed by atoms with van der Waals surface area (Å²) in [6, 6.07) is 3.74. The smallest absolute Gasteiger partial charge is 0.146 e. The molecule has 74 valence electrons. The first-order valence-electron chi connectivity index (χ1n) is 4.30. The van der Waals surface area contributed by atoms with Gasteiger partial charge < -0.3 is 19.4 Å². The second-order valence-electron chi connectivity index (χ2n) is 2.84. The highest BCUT2D eigenvalue weighted by atomic mass is 16.5. The zero-order valence-corrected chi connectivity index (χ0v) is 8.13. The second-order valence-corrected chi connectivity index (χ2v) is 2.84. The molecule has 0 radical (unpaired) electrons. The molecule has 0 atom stereocenters. The van der Waals surface area contributed by atoms with Gasteiger partial charge in [0, 0.05) is 12.4 Å². The monoisotopic (exact) mass is 192 g/mol. The third kappa shape index (κ3) is 1.25. The van der Waals surface area contributed by atoms with Crippen molar-refractivity contribution in [3.8, 4) is 22.9 Å². The van der Waals surface area contributed by atoms with Gasteiger partial charge in [0.25, 0.3) is 0 Å². The van der Waals surface area contributed by atoms with Gasteiger partial charge in [-0.25, -0.2) is 0 Å². The molecule has 0 bridgehead atoms. The van der Waals surface area contributed by atoms with Crippen molar-refractivity contribution in [2.45, 2.75) is 0 Å². The third-order valence-corrected chi connectivity index (χ3v) is 2.11. The molecule has 0 fully saturated rings. The quantitative estimate of drug-likeness (QED) is 0.781. The molecule has 0 aliphatic heterocycles. The Balaban J connectivity index is 2.48. The summed E-state index contributed by atoms with van der Waals surface area (Å²) in [5, 5.41) is 0. The molecule has 14 heavy (non-hydrogen) atoms. The molecule has 2 aromatic heterocycles. The highest BCUT2D eigenvalue weighted by Crippen LogP contribution is 2.33. The van der Waals surface area contributed by atoms with Crippen LogP contribution in [0.25, 0.3) is 11.4 Å². The van der Waals surface area contributed by atoms with E-state index >= 15 is 0 Å². The molecule has 0 aromatic carbocycles. The standard InChI is InChI=1S/C10H12N2O2/c1-13-7-3-5-11-9(7)10-8(14-2)4-6-12-10/h3-6,11-12H,1-2H3. The molecule has 0 unspecified atom stereocenters. The number of aromatic nitrogens is 2. The molecular weight excluding hydrogens is 180 g/mol. The summed E-state index contributed by atoms with van der Waals surface area (Å²) in [7, 11) is 3.28. The Bertz CT molecular complexity index is 377. The number of hydrogen-bond acceptors (Lipinski definition) is 2. The van der Waals surface area contributed by atoms with Gasteiger partial charge in [-0.15, -0.1) is 0 Å². The Labute approximate surface area is 81.9 Å². The number of hydrogen-bond donors (Lipinski definition) is 2. The second kappa shape index (κ2) is 3.49. The molecule has 4 nitrogen and oxygen atoms in total. The summed E-state index contributed by atoms with van der Waals surface area (Å²) in [4.78, 5) is 6.20. The summed E-state index contributed by atoms with van der Waals surface area (Å²) >= 11 is 0. The summed E-state index contributed by atoms with van der Waals surface area (Å²) < 4.78 is 10.4. The maximum Gasteiger partial charge on any atom is 0.146 e. The summed E-state index contributed by atoms with van der Waals surface area (Å²) in [5.41, 5.74) is 1.80. The lowest BCUT2D eigenvalue weighted by Crippen LogP contribution is -1.88. The predicted molar refractivity (Wildman–Crippen MR) is 53.7 cm³/mol. The lowest BCUT2D eigenvalue weighted by atomic mass is 10.3. The van der Waals surface area contributed by atoms with E-state index in [4.69, 9.17) is 9.47 Å². The molecule has 0 spiro atoms. The predicted octanol–water partition coefficient (Wildman–Crippen LogP) is 2.03. The Kier molecular flexibility index (Phi) is 2.18. The molecule has 2 N–H and O–H groups in total. The molecule has 2 aromatic rings. The first-order valence-corrected chi connectivity index (χ1v) is 4.30. The van der Waals surface area contributed by atoms with E-state index in [9.17, 15) is 0 Å². The molecule has 0 aliphatic rings. The average Bonchev–Trinajstić information content (AvgIpc) is 2.85. The number of aromatic amines is 2. The number of methoxy groups -OCH3 is 2. The van der Waals surface area contributed by atoms with Crippen LogP contribution in [0.4, 0.5) is 0 Å². The summed E-state index contributed by atoms with van der Waals surface area (Å²) in [6.07, 6.45) is 3.66. The van der Waals surface area contributed by atoms with Gasteiger partial charge in [-0.05, 0) is 12.1 Å². The van der Waals surface area contributed by atoms with Gasteiger partial charge in [0.05, 0.1) is 14.2 Å². The topological polar surface area (TPSA) is 50.0 Å². The Morgan fingerprint density at radius 2 is 1.29 bits per heavy atom. The average molecular weight is 192 g/mol. The Hall–Kier alpha value is -1.84. The van der Waals surface area contributed by atoms with Crippen LogP contribution in [0.3, 0.4) is 0 Å². The maximum atomic E-state index is 5.20. The number of H-pyrrole nitrogens is 2. The maximum absolute atomic E-state index is 5.20. The van der Waals surface area contributed by atoms with Crippen molar-refractivity contribution in [1.29, 1.82) is 0 Å². The molecular formula is C10H12N2O2. The van der Waals surface area contributed by atoms with Crippen LogP contribution in [-0.4, -0.2) is 24.2 Å². The van der Waals surface area contributed by atoms with Crippen LogP contribution < -0.4 is 9.47 Å². The number of ether oxygens (including phenoxy) is 2. The van der Waals surface area contributed by atoms with Crippen LogP contribution in [0.2, 0.25) is 0 Å². The van der Waals surface area contributed by atoms with Crippen LogP contribution in [0.5, 0.6) is 11.5 Å². The number of rotatable bonds is 3. The SMILES string of the molecule is COc1cc[nH]c1-c1[nH]ccc1OC. The minimum Gasteiger partial charge on any atom is -0.494 e. The molecule has 2 heterocycles. The van der Waals surface area contributed by atoms with E-state index < -0.39 is 0 Å². The van der Waals surface area contributed by atoms with Crippen molar-refractivity contribution in [3.05, 3.63) is 24.5 Å². The van der Waals surface area contributed by atoms with E-state index in [-0.39, 0.29) is 0 Å². The van der Waals surface area contributed by atoms with Gasteiger partial charge in [0.15, 0.2) is 0 Å². The van der Waals surface area contributed by atoms with Gasteiger partial charge >= 0.3 is 0 Å². The summed E-state index contributed by atoms with van der Waals surface area (Å²) in [6.45, 7) is 0. The van der Waals surface area contributed by atoms with E-state index in [0.29, 0.717) is 0 Å². The highest BCUT2D eigenvalue weighted by molar-refractivity contribution is 5.69. The molecule has 0 amide bonds. The highest BCUT2D eigenvalue weighted by Gasteiger charge is 2.12. The fourth-order valence-electron chi connectivity index (χ4n) is 1.44. The Morgan fingerprint density at radius 1 is 0.857 bits per heavy atom. The molecule has 2 rings (SSSR count). The molecule has 0 saturated heterocycles. The van der Waals surface area contributed by atoms with Gasteiger partial charge in [0.1, 0.15) is 22.9 Å². The minimum atomic E-state index is 0.797. The lowest BCUT2D eigenvalue weighted by molar-refractivity contribution is 0.410. The van der Waals surface area contributed by atoms with Crippen LogP contribution in [0.15, 0.2) is 24.5 Å². The largest absolute Gasteiger partial charge is 0.494 e. The zero-order valence-electron chi connectivity index (χ0n) is 8.13. The number of nitrogens with one attached hydrogen (secondary N) is 2. The van der Waals surface area contributed by atoms with Crippen LogP contribution >= 0.6 is 0 Å². The van der Waals surface area contributed by atoms with Gasteiger partial charge in [0.2, 0.25) is 0 Å². The fraction of sp³-hybridized carbons (Fsp3) is 0.200. The fourth-order valence-corrected chi connectivity index (χ4v) is 1.44. The van der Waals surface area contributed by atoms with E-state index in [2.05, 4.69) is 9.97 Å².